The molecule has 1 rings (SSSR count). The molecule has 0 atom stereocenters. The number of nitrogens with one attached hydrogen (secondary N) is 1. The maximum absolute atomic E-state index is 11.7. The Morgan fingerprint density at radius 2 is 1.86 bits per heavy atom. The summed E-state index contributed by atoms with van der Waals surface area (Å²) in [7, 11) is 0. The van der Waals surface area contributed by atoms with Crippen LogP contribution in [0.1, 0.15) is 57.9 Å². The van der Waals surface area contributed by atoms with Crippen LogP contribution in [0.4, 0.5) is 0 Å². The largest absolute Gasteiger partial charge is 0.273 e. The molecule has 0 aliphatic rings. The van der Waals surface area contributed by atoms with Crippen LogP contribution >= 0.6 is 23.2 Å². The molecular weight excluding hydrogens is 307 g/mol. The number of rotatable bonds is 8. The van der Waals surface area contributed by atoms with E-state index >= 15 is 0 Å². The molecule has 0 radical (unpaired) electrons. The molecule has 1 amide bonds. The summed E-state index contributed by atoms with van der Waals surface area (Å²) in [6.07, 6.45) is 6.15. The Morgan fingerprint density at radius 3 is 2.52 bits per heavy atom. The van der Waals surface area contributed by atoms with Crippen LogP contribution in [0.5, 0.6) is 0 Å². The Labute approximate surface area is 136 Å². The second kappa shape index (κ2) is 9.80. The molecule has 0 aliphatic heterocycles. The first kappa shape index (κ1) is 18.0. The Hall–Kier alpha value is -1.06. The third kappa shape index (κ3) is 6.96. The summed E-state index contributed by atoms with van der Waals surface area (Å²) < 4.78 is 0. The van der Waals surface area contributed by atoms with Crippen molar-refractivity contribution in [2.45, 2.75) is 52.4 Å². The van der Waals surface area contributed by atoms with E-state index in [1.807, 2.05) is 13.0 Å². The zero-order chi connectivity index (χ0) is 15.7. The molecule has 1 N–H and O–H groups in total. The lowest BCUT2D eigenvalue weighted by Gasteiger charge is -2.04. The number of hydrogen-bond acceptors (Lipinski definition) is 2. The predicted molar refractivity (Wildman–Crippen MR) is 90.2 cm³/mol. The van der Waals surface area contributed by atoms with Crippen molar-refractivity contribution in [1.82, 2.24) is 5.43 Å². The van der Waals surface area contributed by atoms with Crippen LogP contribution in [0.15, 0.2) is 23.3 Å². The highest BCUT2D eigenvalue weighted by atomic mass is 35.5. The Kier molecular flexibility index (Phi) is 8.40. The molecular formula is C16H22Cl2N2O. The quantitative estimate of drug-likeness (QED) is 0.398. The fourth-order valence-corrected chi connectivity index (χ4v) is 2.18. The van der Waals surface area contributed by atoms with Crippen LogP contribution in [-0.4, -0.2) is 11.6 Å². The number of amides is 1. The Morgan fingerprint density at radius 1 is 1.14 bits per heavy atom. The lowest BCUT2D eigenvalue weighted by atomic mass is 10.1. The minimum absolute atomic E-state index is 0.0501. The third-order valence-electron chi connectivity index (χ3n) is 3.19. The zero-order valence-corrected chi connectivity index (χ0v) is 14.1. The van der Waals surface area contributed by atoms with E-state index in [2.05, 4.69) is 17.5 Å². The molecule has 116 valence electrons. The van der Waals surface area contributed by atoms with Crippen molar-refractivity contribution in [3.63, 3.8) is 0 Å². The van der Waals surface area contributed by atoms with Gasteiger partial charge in [0.15, 0.2) is 0 Å². The number of hydrazone groups is 1. The Balaban J connectivity index is 2.40. The van der Waals surface area contributed by atoms with Crippen LogP contribution in [0.25, 0.3) is 0 Å². The van der Waals surface area contributed by atoms with Crippen LogP contribution in [0, 0.1) is 0 Å². The van der Waals surface area contributed by atoms with Crippen LogP contribution in [-0.2, 0) is 4.79 Å². The summed E-state index contributed by atoms with van der Waals surface area (Å²) in [5.41, 5.74) is 4.12. The third-order valence-corrected chi connectivity index (χ3v) is 3.93. The van der Waals surface area contributed by atoms with Gasteiger partial charge in [-0.2, -0.15) is 5.10 Å². The van der Waals surface area contributed by atoms with Crippen LogP contribution < -0.4 is 5.43 Å². The van der Waals surface area contributed by atoms with E-state index in [4.69, 9.17) is 23.2 Å². The van der Waals surface area contributed by atoms with Gasteiger partial charge < -0.3 is 0 Å². The molecule has 0 unspecified atom stereocenters. The summed E-state index contributed by atoms with van der Waals surface area (Å²) in [5, 5.41) is 5.08. The summed E-state index contributed by atoms with van der Waals surface area (Å²) in [6.45, 7) is 3.99. The minimum Gasteiger partial charge on any atom is -0.273 e. The predicted octanol–water partition coefficient (Wildman–Crippen LogP) is 5.19. The first-order chi connectivity index (χ1) is 10.0. The van der Waals surface area contributed by atoms with Gasteiger partial charge in [0.05, 0.1) is 15.8 Å². The molecule has 1 aromatic carbocycles. The van der Waals surface area contributed by atoms with Crippen LogP contribution in [0.2, 0.25) is 10.0 Å². The minimum atomic E-state index is -0.0501. The van der Waals surface area contributed by atoms with E-state index < -0.39 is 0 Å². The summed E-state index contributed by atoms with van der Waals surface area (Å²) >= 11 is 11.8. The molecule has 0 fully saturated rings. The average molecular weight is 329 g/mol. The fraction of sp³-hybridized carbons (Fsp3) is 0.500. The SMILES string of the molecule is CCCCCCCC(=O)N/N=C(\C)c1ccc(Cl)c(Cl)c1. The molecule has 0 aliphatic carbocycles. The first-order valence-corrected chi connectivity index (χ1v) is 8.08. The summed E-state index contributed by atoms with van der Waals surface area (Å²) in [6, 6.07) is 5.28. The van der Waals surface area contributed by atoms with Gasteiger partial charge in [-0.25, -0.2) is 5.43 Å². The van der Waals surface area contributed by atoms with Gasteiger partial charge in [0.2, 0.25) is 5.91 Å². The first-order valence-electron chi connectivity index (χ1n) is 7.33. The van der Waals surface area contributed by atoms with Crippen molar-refractivity contribution in [1.29, 1.82) is 0 Å². The molecule has 21 heavy (non-hydrogen) atoms. The van der Waals surface area contributed by atoms with Crippen molar-refractivity contribution in [2.75, 3.05) is 0 Å². The van der Waals surface area contributed by atoms with Gasteiger partial charge in [0, 0.05) is 6.42 Å². The average Bonchev–Trinajstić information content (AvgIpc) is 2.47. The van der Waals surface area contributed by atoms with Crippen LogP contribution in [0.3, 0.4) is 0 Å². The van der Waals surface area contributed by atoms with E-state index in [-0.39, 0.29) is 5.91 Å². The molecule has 0 aromatic heterocycles. The smallest absolute Gasteiger partial charge is 0.240 e. The summed E-state index contributed by atoms with van der Waals surface area (Å²) in [5.74, 6) is -0.0501. The maximum Gasteiger partial charge on any atom is 0.240 e. The number of hydrogen-bond donors (Lipinski definition) is 1. The molecule has 0 bridgehead atoms. The molecule has 3 nitrogen and oxygen atoms in total. The lowest BCUT2D eigenvalue weighted by molar-refractivity contribution is -0.121. The highest BCUT2D eigenvalue weighted by Crippen LogP contribution is 2.22. The molecule has 0 saturated heterocycles. The van der Waals surface area contributed by atoms with Gasteiger partial charge in [-0.15, -0.1) is 0 Å². The molecule has 1 aromatic rings. The molecule has 5 heteroatoms. The second-order valence-electron chi connectivity index (χ2n) is 5.03. The van der Waals surface area contributed by atoms with E-state index in [0.29, 0.717) is 22.2 Å². The molecule has 0 spiro atoms. The van der Waals surface area contributed by atoms with Crippen molar-refractivity contribution < 1.29 is 4.79 Å². The standard InChI is InChI=1S/C16H22Cl2N2O/c1-3-4-5-6-7-8-16(21)20-19-12(2)13-9-10-14(17)15(18)11-13/h9-11H,3-8H2,1-2H3,(H,20,21)/b19-12+. The Bertz CT molecular complexity index is 501. The highest BCUT2D eigenvalue weighted by molar-refractivity contribution is 6.42. The second-order valence-corrected chi connectivity index (χ2v) is 5.84. The van der Waals surface area contributed by atoms with E-state index in [1.54, 1.807) is 12.1 Å². The number of carbonyl (C=O) groups excluding carboxylic acids is 1. The maximum atomic E-state index is 11.7. The molecule has 0 heterocycles. The van der Waals surface area contributed by atoms with Gasteiger partial charge >= 0.3 is 0 Å². The lowest BCUT2D eigenvalue weighted by Crippen LogP contribution is -2.18. The van der Waals surface area contributed by atoms with E-state index in [1.165, 1.54) is 19.3 Å². The number of halogens is 2. The highest BCUT2D eigenvalue weighted by Gasteiger charge is 2.04. The van der Waals surface area contributed by atoms with E-state index in [0.717, 1.165) is 18.4 Å². The van der Waals surface area contributed by atoms with Crippen molar-refractivity contribution in [3.05, 3.63) is 33.8 Å². The number of nitrogens with zero attached hydrogens (tertiary/aromatic N) is 1. The van der Waals surface area contributed by atoms with Gasteiger partial charge in [-0.1, -0.05) is 61.9 Å². The van der Waals surface area contributed by atoms with Gasteiger partial charge in [-0.3, -0.25) is 4.79 Å². The number of carbonyl (C=O) groups is 1. The fourth-order valence-electron chi connectivity index (χ4n) is 1.88. The topological polar surface area (TPSA) is 41.5 Å². The zero-order valence-electron chi connectivity index (χ0n) is 12.6. The summed E-state index contributed by atoms with van der Waals surface area (Å²) in [4.78, 5) is 11.7. The number of benzene rings is 1. The van der Waals surface area contributed by atoms with Crippen molar-refractivity contribution in [3.8, 4) is 0 Å². The van der Waals surface area contributed by atoms with Crippen molar-refractivity contribution in [2.24, 2.45) is 5.10 Å². The van der Waals surface area contributed by atoms with Gasteiger partial charge in [0.25, 0.3) is 0 Å². The number of unbranched alkanes of at least 4 members (excludes halogenated alkanes) is 4. The van der Waals surface area contributed by atoms with E-state index in [9.17, 15) is 4.79 Å². The molecule has 0 saturated carbocycles. The normalized spacial score (nSPS) is 11.5. The van der Waals surface area contributed by atoms with Crippen molar-refractivity contribution >= 4 is 34.8 Å². The monoisotopic (exact) mass is 328 g/mol. The van der Waals surface area contributed by atoms with Gasteiger partial charge in [-0.05, 0) is 31.0 Å². The van der Waals surface area contributed by atoms with Gasteiger partial charge in [0.1, 0.15) is 0 Å².